The molecular formula is C22H18FNO3S. The molecule has 0 radical (unpaired) electrons. The molecule has 0 fully saturated rings. The number of hydrogen-bond acceptors (Lipinski definition) is 4. The predicted molar refractivity (Wildman–Crippen MR) is 105 cm³/mol. The van der Waals surface area contributed by atoms with Crippen molar-refractivity contribution in [2.75, 3.05) is 6.26 Å². The monoisotopic (exact) mass is 395 g/mol. The van der Waals surface area contributed by atoms with E-state index in [4.69, 9.17) is 0 Å². The molecule has 2 aromatic carbocycles. The Morgan fingerprint density at radius 3 is 2.07 bits per heavy atom. The summed E-state index contributed by atoms with van der Waals surface area (Å²) >= 11 is 0. The molecule has 1 aromatic heterocycles. The largest absolute Gasteiger partial charge is 0.294 e. The number of ketones is 2. The Morgan fingerprint density at radius 2 is 1.50 bits per heavy atom. The zero-order chi connectivity index (χ0) is 20.1. The maximum absolute atomic E-state index is 13.2. The highest BCUT2D eigenvalue weighted by Gasteiger charge is 2.25. The van der Waals surface area contributed by atoms with E-state index >= 15 is 0 Å². The van der Waals surface area contributed by atoms with Gasteiger partial charge in [-0.1, -0.05) is 12.1 Å². The van der Waals surface area contributed by atoms with Crippen LogP contribution in [0.25, 0.3) is 0 Å². The second-order valence-electron chi connectivity index (χ2n) is 6.31. The molecule has 0 N–H and O–H groups in total. The number of carbonyl (C=O) groups is 2. The number of nitrogens with zero attached hydrogens (tertiary/aromatic N) is 1. The molecule has 3 rings (SSSR count). The van der Waals surface area contributed by atoms with Crippen LogP contribution in [0.5, 0.6) is 0 Å². The predicted octanol–water partition coefficient (Wildman–Crippen LogP) is 4.20. The number of Topliss-reactive ketones (excluding diaryl/α,β-unsaturated/α-hetero) is 2. The summed E-state index contributed by atoms with van der Waals surface area (Å²) in [6.07, 6.45) is 4.67. The Kier molecular flexibility index (Phi) is 6.21. The summed E-state index contributed by atoms with van der Waals surface area (Å²) in [6.45, 7) is 0. The lowest BCUT2D eigenvalue weighted by Gasteiger charge is -2.16. The van der Waals surface area contributed by atoms with Crippen molar-refractivity contribution >= 4 is 22.4 Å². The van der Waals surface area contributed by atoms with Gasteiger partial charge in [0, 0.05) is 51.9 Å². The average Bonchev–Trinajstić information content (AvgIpc) is 2.72. The minimum absolute atomic E-state index is 0.0330. The Bertz CT molecular complexity index is 1000. The van der Waals surface area contributed by atoms with Crippen LogP contribution < -0.4 is 0 Å². The molecule has 2 atom stereocenters. The Labute approximate surface area is 164 Å². The zero-order valence-corrected chi connectivity index (χ0v) is 16.0. The minimum atomic E-state index is -1.13. The lowest BCUT2D eigenvalue weighted by atomic mass is 9.86. The fourth-order valence-electron chi connectivity index (χ4n) is 2.91. The van der Waals surface area contributed by atoms with Crippen LogP contribution in [0.15, 0.2) is 78.0 Å². The van der Waals surface area contributed by atoms with E-state index in [1.807, 2.05) is 0 Å². The van der Waals surface area contributed by atoms with Crippen molar-refractivity contribution in [3.63, 3.8) is 0 Å². The van der Waals surface area contributed by atoms with Gasteiger partial charge >= 0.3 is 0 Å². The third-order valence-electron chi connectivity index (χ3n) is 4.45. The smallest absolute Gasteiger partial charge is 0.170 e. The van der Waals surface area contributed by atoms with E-state index in [0.717, 1.165) is 0 Å². The van der Waals surface area contributed by atoms with Crippen LogP contribution >= 0.6 is 0 Å². The van der Waals surface area contributed by atoms with Crippen LogP contribution in [0.2, 0.25) is 0 Å². The first-order valence-corrected chi connectivity index (χ1v) is 10.2. The van der Waals surface area contributed by atoms with Crippen molar-refractivity contribution in [1.82, 2.24) is 4.98 Å². The molecule has 2 unspecified atom stereocenters. The van der Waals surface area contributed by atoms with E-state index in [0.29, 0.717) is 21.6 Å². The van der Waals surface area contributed by atoms with Gasteiger partial charge in [-0.25, -0.2) is 4.39 Å². The molecule has 0 aliphatic carbocycles. The Balaban J connectivity index is 1.89. The summed E-state index contributed by atoms with van der Waals surface area (Å²) in [6, 6.07) is 15.2. The molecule has 0 spiro atoms. The van der Waals surface area contributed by atoms with Gasteiger partial charge in [0.15, 0.2) is 11.6 Å². The summed E-state index contributed by atoms with van der Waals surface area (Å²) in [4.78, 5) is 30.4. The van der Waals surface area contributed by atoms with Gasteiger partial charge in [-0.2, -0.15) is 0 Å². The van der Waals surface area contributed by atoms with Gasteiger partial charge in [0.05, 0.1) is 5.92 Å². The molecule has 0 saturated heterocycles. The van der Waals surface area contributed by atoms with Crippen molar-refractivity contribution in [2.24, 2.45) is 0 Å². The highest BCUT2D eigenvalue weighted by atomic mass is 32.2. The molecule has 142 valence electrons. The third-order valence-corrected chi connectivity index (χ3v) is 5.39. The molecule has 4 nitrogen and oxygen atoms in total. The summed E-state index contributed by atoms with van der Waals surface area (Å²) in [7, 11) is -1.13. The molecule has 28 heavy (non-hydrogen) atoms. The van der Waals surface area contributed by atoms with Crippen molar-refractivity contribution in [3.8, 4) is 0 Å². The number of hydrogen-bond donors (Lipinski definition) is 0. The third kappa shape index (κ3) is 4.64. The van der Waals surface area contributed by atoms with E-state index in [1.54, 1.807) is 55.0 Å². The number of carbonyl (C=O) groups excluding carboxylic acids is 2. The first kappa shape index (κ1) is 19.8. The van der Waals surface area contributed by atoms with Crippen molar-refractivity contribution < 1.29 is 18.2 Å². The molecule has 0 aliphatic rings. The SMILES string of the molecule is CS(=O)c1ccc(C(=O)CC(C(=O)c2ccc(F)cc2)c2ccncc2)cc1. The summed E-state index contributed by atoms with van der Waals surface area (Å²) in [5.41, 5.74) is 1.46. The number of benzene rings is 2. The second-order valence-corrected chi connectivity index (χ2v) is 7.69. The van der Waals surface area contributed by atoms with E-state index in [2.05, 4.69) is 4.98 Å². The van der Waals surface area contributed by atoms with Gasteiger partial charge in [0.2, 0.25) is 0 Å². The van der Waals surface area contributed by atoms with Gasteiger partial charge in [-0.3, -0.25) is 18.8 Å². The minimum Gasteiger partial charge on any atom is -0.294 e. The first-order valence-electron chi connectivity index (χ1n) is 8.62. The van der Waals surface area contributed by atoms with Crippen molar-refractivity contribution in [2.45, 2.75) is 17.2 Å². The molecule has 3 aromatic rings. The average molecular weight is 395 g/mol. The quantitative estimate of drug-likeness (QED) is 0.563. The topological polar surface area (TPSA) is 64.1 Å². The molecule has 1 heterocycles. The highest BCUT2D eigenvalue weighted by Crippen LogP contribution is 2.26. The van der Waals surface area contributed by atoms with E-state index in [9.17, 15) is 18.2 Å². The van der Waals surface area contributed by atoms with Crippen molar-refractivity contribution in [3.05, 3.63) is 95.6 Å². The zero-order valence-electron chi connectivity index (χ0n) is 15.2. The van der Waals surface area contributed by atoms with Gasteiger partial charge < -0.3 is 0 Å². The van der Waals surface area contributed by atoms with Gasteiger partial charge in [-0.15, -0.1) is 0 Å². The number of aromatic nitrogens is 1. The highest BCUT2D eigenvalue weighted by molar-refractivity contribution is 7.84. The molecule has 0 bridgehead atoms. The summed E-state index contributed by atoms with van der Waals surface area (Å²) in [5.74, 6) is -1.60. The second kappa shape index (κ2) is 8.80. The number of halogens is 1. The van der Waals surface area contributed by atoms with Gasteiger partial charge in [0.1, 0.15) is 5.82 Å². The standard InChI is InChI=1S/C22H18FNO3S/c1-28(27)19-8-4-16(5-9-19)21(25)14-20(15-10-12-24-13-11-15)22(26)17-2-6-18(23)7-3-17/h2-13,20H,14H2,1H3. The maximum Gasteiger partial charge on any atom is 0.170 e. The lowest BCUT2D eigenvalue weighted by molar-refractivity contribution is 0.0893. The summed E-state index contributed by atoms with van der Waals surface area (Å²) in [5, 5.41) is 0. The maximum atomic E-state index is 13.2. The molecular weight excluding hydrogens is 377 g/mol. The molecule has 0 aliphatic heterocycles. The van der Waals surface area contributed by atoms with Crippen LogP contribution in [0.3, 0.4) is 0 Å². The van der Waals surface area contributed by atoms with Crippen LogP contribution in [-0.4, -0.2) is 27.0 Å². The normalized spacial score (nSPS) is 12.9. The molecule has 0 amide bonds. The number of rotatable bonds is 7. The fraction of sp³-hybridized carbons (Fsp3) is 0.136. The number of pyridine rings is 1. The van der Waals surface area contributed by atoms with Crippen LogP contribution in [0, 0.1) is 5.82 Å². The first-order chi connectivity index (χ1) is 13.5. The van der Waals surface area contributed by atoms with Crippen molar-refractivity contribution in [1.29, 1.82) is 0 Å². The van der Waals surface area contributed by atoms with E-state index < -0.39 is 22.5 Å². The van der Waals surface area contributed by atoms with E-state index in [1.165, 1.54) is 24.3 Å². The van der Waals surface area contributed by atoms with E-state index in [-0.39, 0.29) is 18.0 Å². The lowest BCUT2D eigenvalue weighted by Crippen LogP contribution is -2.17. The van der Waals surface area contributed by atoms with Gasteiger partial charge in [0.25, 0.3) is 0 Å². The molecule has 0 saturated carbocycles. The Morgan fingerprint density at radius 1 is 0.929 bits per heavy atom. The molecule has 6 heteroatoms. The van der Waals surface area contributed by atoms with Crippen LogP contribution in [-0.2, 0) is 10.8 Å². The Hall–Kier alpha value is -2.99. The summed E-state index contributed by atoms with van der Waals surface area (Å²) < 4.78 is 24.7. The van der Waals surface area contributed by atoms with Crippen LogP contribution in [0.4, 0.5) is 4.39 Å². The van der Waals surface area contributed by atoms with Crippen LogP contribution in [0.1, 0.15) is 38.6 Å². The van der Waals surface area contributed by atoms with Gasteiger partial charge in [-0.05, 0) is 54.1 Å². The fourth-order valence-corrected chi connectivity index (χ4v) is 3.43.